The molecule has 0 spiro atoms. The minimum atomic E-state index is 0.00333. The highest BCUT2D eigenvalue weighted by atomic mass is 32.1. The van der Waals surface area contributed by atoms with E-state index in [-0.39, 0.29) is 11.7 Å². The molecule has 16 heavy (non-hydrogen) atoms. The Morgan fingerprint density at radius 2 is 2.25 bits per heavy atom. The highest BCUT2D eigenvalue weighted by Gasteiger charge is 2.19. The van der Waals surface area contributed by atoms with E-state index in [0.29, 0.717) is 0 Å². The molecule has 0 aliphatic heterocycles. The maximum Gasteiger partial charge on any atom is 0.177 e. The van der Waals surface area contributed by atoms with Gasteiger partial charge in [-0.2, -0.15) is 0 Å². The van der Waals surface area contributed by atoms with Gasteiger partial charge in [0.2, 0.25) is 0 Å². The zero-order valence-electron chi connectivity index (χ0n) is 9.48. The molecule has 2 aromatic rings. The predicted octanol–water partition coefficient (Wildman–Crippen LogP) is 3.55. The number of nitrogens with zero attached hydrogens (tertiary/aromatic N) is 1. The molecule has 0 N–H and O–H groups in total. The van der Waals surface area contributed by atoms with Crippen LogP contribution < -0.4 is 0 Å². The fourth-order valence-corrected chi connectivity index (χ4v) is 2.52. The normalized spacial score (nSPS) is 11.0. The van der Waals surface area contributed by atoms with E-state index in [1.165, 1.54) is 11.3 Å². The summed E-state index contributed by atoms with van der Waals surface area (Å²) in [5.74, 6) is 0.868. The van der Waals surface area contributed by atoms with Crippen molar-refractivity contribution >= 4 is 17.1 Å². The van der Waals surface area contributed by atoms with Crippen LogP contribution in [0.1, 0.15) is 29.2 Å². The molecule has 0 aromatic carbocycles. The number of aromatic nitrogens is 1. The lowest BCUT2D eigenvalue weighted by atomic mass is 10.1. The van der Waals surface area contributed by atoms with Gasteiger partial charge in [0.1, 0.15) is 0 Å². The second-order valence-corrected chi connectivity index (χ2v) is 4.93. The zero-order valence-corrected chi connectivity index (χ0v) is 10.3. The van der Waals surface area contributed by atoms with Crippen LogP contribution in [-0.2, 0) is 0 Å². The third kappa shape index (κ3) is 1.93. The molecule has 4 heteroatoms. The lowest BCUT2D eigenvalue weighted by molar-refractivity contribution is 0.0942. The molecule has 0 atom stereocenters. The number of ketones is 1. The Morgan fingerprint density at radius 3 is 2.81 bits per heavy atom. The van der Waals surface area contributed by atoms with Gasteiger partial charge in [0.25, 0.3) is 0 Å². The number of hydrogen-bond acceptors (Lipinski definition) is 4. The van der Waals surface area contributed by atoms with Gasteiger partial charge in [-0.15, -0.1) is 11.3 Å². The largest absolute Gasteiger partial charge is 0.462 e. The second kappa shape index (κ2) is 4.22. The maximum absolute atomic E-state index is 11.9. The second-order valence-electron chi connectivity index (χ2n) is 3.93. The van der Waals surface area contributed by atoms with Gasteiger partial charge in [-0.3, -0.25) is 4.79 Å². The predicted molar refractivity (Wildman–Crippen MR) is 63.7 cm³/mol. The molecule has 0 unspecified atom stereocenters. The minimum Gasteiger partial charge on any atom is -0.462 e. The molecule has 0 radical (unpaired) electrons. The third-order valence-electron chi connectivity index (χ3n) is 2.28. The van der Waals surface area contributed by atoms with E-state index in [1.54, 1.807) is 6.26 Å². The summed E-state index contributed by atoms with van der Waals surface area (Å²) < 4.78 is 5.26. The van der Waals surface area contributed by atoms with Gasteiger partial charge in [0.15, 0.2) is 16.6 Å². The first-order valence-electron chi connectivity index (χ1n) is 5.15. The molecule has 84 valence electrons. The van der Waals surface area contributed by atoms with Gasteiger partial charge in [0, 0.05) is 5.92 Å². The fraction of sp³-hybridized carbons (Fsp3) is 0.333. The molecule has 3 nitrogen and oxygen atoms in total. The van der Waals surface area contributed by atoms with Crippen molar-refractivity contribution in [2.75, 3.05) is 0 Å². The zero-order chi connectivity index (χ0) is 11.7. The first-order chi connectivity index (χ1) is 7.59. The van der Waals surface area contributed by atoms with E-state index < -0.39 is 0 Å². The van der Waals surface area contributed by atoms with E-state index >= 15 is 0 Å². The molecule has 0 amide bonds. The molecule has 0 aliphatic carbocycles. The molecule has 2 aromatic heterocycles. The smallest absolute Gasteiger partial charge is 0.177 e. The number of aryl methyl sites for hydroxylation is 1. The van der Waals surface area contributed by atoms with Crippen molar-refractivity contribution in [3.05, 3.63) is 29.0 Å². The summed E-state index contributed by atoms with van der Waals surface area (Å²) in [6, 6.07) is 3.66. The van der Waals surface area contributed by atoms with E-state index in [0.717, 1.165) is 21.3 Å². The Balaban J connectivity index is 2.40. The quantitative estimate of drug-likeness (QED) is 0.764. The molecule has 0 saturated heterocycles. The monoisotopic (exact) mass is 235 g/mol. The van der Waals surface area contributed by atoms with Gasteiger partial charge >= 0.3 is 0 Å². The number of furan rings is 1. The summed E-state index contributed by atoms with van der Waals surface area (Å²) >= 11 is 1.40. The number of thiazole rings is 1. The molecule has 0 fully saturated rings. The molecular formula is C12H13NO2S. The topological polar surface area (TPSA) is 43.1 Å². The summed E-state index contributed by atoms with van der Waals surface area (Å²) in [6.07, 6.45) is 1.61. The Morgan fingerprint density at radius 1 is 1.50 bits per heavy atom. The molecule has 2 rings (SSSR count). The number of Topliss-reactive ketones (excluding diaryl/α,β-unsaturated/α-hetero) is 1. The van der Waals surface area contributed by atoms with E-state index in [1.807, 2.05) is 32.9 Å². The average Bonchev–Trinajstić information content (AvgIpc) is 2.84. The van der Waals surface area contributed by atoms with Crippen LogP contribution in [0.3, 0.4) is 0 Å². The first kappa shape index (κ1) is 11.1. The van der Waals surface area contributed by atoms with Crippen LogP contribution in [0, 0.1) is 12.8 Å². The third-order valence-corrected chi connectivity index (χ3v) is 3.46. The SMILES string of the molecule is Cc1nc(-c2ccco2)sc1C(=O)C(C)C. The van der Waals surface area contributed by atoms with Crippen molar-refractivity contribution in [2.24, 2.45) is 5.92 Å². The van der Waals surface area contributed by atoms with E-state index in [2.05, 4.69) is 4.98 Å². The highest BCUT2D eigenvalue weighted by Crippen LogP contribution is 2.29. The Kier molecular flexibility index (Phi) is 2.92. The highest BCUT2D eigenvalue weighted by molar-refractivity contribution is 7.17. The summed E-state index contributed by atoms with van der Waals surface area (Å²) in [7, 11) is 0. The Labute approximate surface area is 98.1 Å². The minimum absolute atomic E-state index is 0.00333. The van der Waals surface area contributed by atoms with Gasteiger partial charge < -0.3 is 4.42 Å². The number of rotatable bonds is 3. The summed E-state index contributed by atoms with van der Waals surface area (Å²) in [5, 5.41) is 0.770. The standard InChI is InChI=1S/C12H13NO2S/c1-7(2)10(14)11-8(3)13-12(16-11)9-5-4-6-15-9/h4-7H,1-3H3. The summed E-state index contributed by atoms with van der Waals surface area (Å²) in [6.45, 7) is 5.65. The molecule has 0 saturated carbocycles. The van der Waals surface area contributed by atoms with Crippen LogP contribution in [-0.4, -0.2) is 10.8 Å². The van der Waals surface area contributed by atoms with Gasteiger partial charge in [-0.05, 0) is 19.1 Å². The molecule has 2 heterocycles. The number of carbonyl (C=O) groups is 1. The summed E-state index contributed by atoms with van der Waals surface area (Å²) in [4.78, 5) is 17.0. The van der Waals surface area contributed by atoms with Crippen molar-refractivity contribution in [3.63, 3.8) is 0 Å². The van der Waals surface area contributed by atoms with Crippen LogP contribution in [0.2, 0.25) is 0 Å². The Bertz CT molecular complexity index is 497. The maximum atomic E-state index is 11.9. The number of hydrogen-bond donors (Lipinski definition) is 0. The van der Waals surface area contributed by atoms with Gasteiger partial charge in [-0.1, -0.05) is 13.8 Å². The van der Waals surface area contributed by atoms with Gasteiger partial charge in [-0.25, -0.2) is 4.98 Å². The number of carbonyl (C=O) groups excluding carboxylic acids is 1. The average molecular weight is 235 g/mol. The first-order valence-corrected chi connectivity index (χ1v) is 5.96. The van der Waals surface area contributed by atoms with Crippen molar-refractivity contribution in [3.8, 4) is 10.8 Å². The fourth-order valence-electron chi connectivity index (χ4n) is 1.39. The van der Waals surface area contributed by atoms with Crippen LogP contribution >= 0.6 is 11.3 Å². The molecule has 0 bridgehead atoms. The van der Waals surface area contributed by atoms with Crippen molar-refractivity contribution < 1.29 is 9.21 Å². The van der Waals surface area contributed by atoms with Crippen LogP contribution in [0.4, 0.5) is 0 Å². The molecule has 0 aliphatic rings. The lowest BCUT2D eigenvalue weighted by Crippen LogP contribution is -2.06. The van der Waals surface area contributed by atoms with Crippen LogP contribution in [0.5, 0.6) is 0 Å². The van der Waals surface area contributed by atoms with Crippen molar-refractivity contribution in [1.82, 2.24) is 4.98 Å². The molecular weight excluding hydrogens is 222 g/mol. The lowest BCUT2D eigenvalue weighted by Gasteiger charge is -2.00. The summed E-state index contributed by atoms with van der Waals surface area (Å²) in [5.41, 5.74) is 0.787. The van der Waals surface area contributed by atoms with Crippen molar-refractivity contribution in [2.45, 2.75) is 20.8 Å². The van der Waals surface area contributed by atoms with Crippen LogP contribution in [0.25, 0.3) is 10.8 Å². The van der Waals surface area contributed by atoms with Crippen LogP contribution in [0.15, 0.2) is 22.8 Å². The van der Waals surface area contributed by atoms with Gasteiger partial charge in [0.05, 0.1) is 16.8 Å². The van der Waals surface area contributed by atoms with E-state index in [4.69, 9.17) is 4.42 Å². The van der Waals surface area contributed by atoms with Crippen molar-refractivity contribution in [1.29, 1.82) is 0 Å². The van der Waals surface area contributed by atoms with E-state index in [9.17, 15) is 4.79 Å². The Hall–Kier alpha value is -1.42.